The van der Waals surface area contributed by atoms with Crippen LogP contribution in [0.5, 0.6) is 0 Å². The minimum Gasteiger partial charge on any atom is -0.363 e. The number of carbonyl (C=O) groups excluding carboxylic acids is 2. The predicted molar refractivity (Wildman–Crippen MR) is 106 cm³/mol. The summed E-state index contributed by atoms with van der Waals surface area (Å²) in [6, 6.07) is 9.62. The van der Waals surface area contributed by atoms with Crippen LogP contribution in [0.3, 0.4) is 0 Å². The second-order valence-corrected chi connectivity index (χ2v) is 8.58. The minimum absolute atomic E-state index is 0.0274. The number of piperidine rings is 1. The monoisotopic (exact) mass is 381 g/mol. The molecule has 2 fully saturated rings. The molecule has 28 heavy (non-hydrogen) atoms. The fourth-order valence-electron chi connectivity index (χ4n) is 4.47. The first-order chi connectivity index (χ1) is 13.5. The summed E-state index contributed by atoms with van der Waals surface area (Å²) >= 11 is 0. The summed E-state index contributed by atoms with van der Waals surface area (Å²) in [7, 11) is 0. The lowest BCUT2D eigenvalue weighted by atomic mass is 9.77. The second kappa shape index (κ2) is 7.41. The molecular formula is C22H27N3O3. The molecule has 2 saturated heterocycles. The van der Waals surface area contributed by atoms with Crippen molar-refractivity contribution in [3.05, 3.63) is 42.2 Å². The highest BCUT2D eigenvalue weighted by molar-refractivity contribution is 5.99. The van der Waals surface area contributed by atoms with Gasteiger partial charge in [0, 0.05) is 43.6 Å². The van der Waals surface area contributed by atoms with Gasteiger partial charge in [-0.2, -0.15) is 0 Å². The third-order valence-electron chi connectivity index (χ3n) is 5.95. The molecule has 1 aromatic carbocycles. The molecule has 0 unspecified atom stereocenters. The van der Waals surface area contributed by atoms with Crippen LogP contribution in [0.25, 0.3) is 11.3 Å². The SMILES string of the molecule is CC(C)CN1CC2(CCN(C(=O)c3conc3-c3ccccc3)CC2)CC1=O. The molecular weight excluding hydrogens is 354 g/mol. The van der Waals surface area contributed by atoms with Gasteiger partial charge in [0.1, 0.15) is 17.5 Å². The summed E-state index contributed by atoms with van der Waals surface area (Å²) in [6.45, 7) is 7.27. The fourth-order valence-corrected chi connectivity index (χ4v) is 4.47. The summed E-state index contributed by atoms with van der Waals surface area (Å²) in [6.07, 6.45) is 3.79. The predicted octanol–water partition coefficient (Wildman–Crippen LogP) is 3.45. The van der Waals surface area contributed by atoms with E-state index in [1.54, 1.807) is 0 Å². The maximum absolute atomic E-state index is 13.1. The van der Waals surface area contributed by atoms with Gasteiger partial charge >= 0.3 is 0 Å². The zero-order chi connectivity index (χ0) is 19.7. The van der Waals surface area contributed by atoms with Crippen LogP contribution in [0.15, 0.2) is 41.1 Å². The normalized spacial score (nSPS) is 19.0. The van der Waals surface area contributed by atoms with E-state index in [2.05, 4.69) is 19.0 Å². The van der Waals surface area contributed by atoms with Crippen LogP contribution >= 0.6 is 0 Å². The zero-order valence-electron chi connectivity index (χ0n) is 16.6. The zero-order valence-corrected chi connectivity index (χ0v) is 16.6. The quantitative estimate of drug-likeness (QED) is 0.814. The Bertz CT molecular complexity index is 851. The van der Waals surface area contributed by atoms with E-state index in [-0.39, 0.29) is 17.2 Å². The number of hydrogen-bond acceptors (Lipinski definition) is 4. The molecule has 2 aliphatic rings. The third-order valence-corrected chi connectivity index (χ3v) is 5.95. The van der Waals surface area contributed by atoms with E-state index in [0.29, 0.717) is 36.7 Å². The number of amides is 2. The fraction of sp³-hybridized carbons (Fsp3) is 0.500. The standard InChI is InChI=1S/C22H27N3O3/c1-16(2)13-25-15-22(12-19(25)26)8-10-24(11-9-22)21(27)18-14-28-23-20(18)17-6-4-3-5-7-17/h3-7,14,16H,8-13,15H2,1-2H3. The molecule has 3 heterocycles. The van der Waals surface area contributed by atoms with Crippen molar-refractivity contribution in [3.8, 4) is 11.3 Å². The average Bonchev–Trinajstić information content (AvgIpc) is 3.28. The number of aromatic nitrogens is 1. The molecule has 6 nitrogen and oxygen atoms in total. The number of hydrogen-bond donors (Lipinski definition) is 0. The van der Waals surface area contributed by atoms with Crippen LogP contribution in [-0.2, 0) is 4.79 Å². The Hall–Kier alpha value is -2.63. The van der Waals surface area contributed by atoms with Crippen LogP contribution in [0, 0.1) is 11.3 Å². The summed E-state index contributed by atoms with van der Waals surface area (Å²) in [5.41, 5.74) is 1.99. The molecule has 6 heteroatoms. The van der Waals surface area contributed by atoms with Crippen LogP contribution in [0.2, 0.25) is 0 Å². The van der Waals surface area contributed by atoms with Gasteiger partial charge in [-0.15, -0.1) is 0 Å². The molecule has 0 atom stereocenters. The Kier molecular flexibility index (Phi) is 4.96. The molecule has 0 bridgehead atoms. The van der Waals surface area contributed by atoms with E-state index in [9.17, 15) is 9.59 Å². The van der Waals surface area contributed by atoms with Gasteiger partial charge in [-0.1, -0.05) is 49.3 Å². The van der Waals surface area contributed by atoms with Gasteiger partial charge < -0.3 is 14.3 Å². The first kappa shape index (κ1) is 18.7. The van der Waals surface area contributed by atoms with Crippen molar-refractivity contribution in [2.75, 3.05) is 26.2 Å². The van der Waals surface area contributed by atoms with Crippen molar-refractivity contribution in [3.63, 3.8) is 0 Å². The van der Waals surface area contributed by atoms with Crippen LogP contribution < -0.4 is 0 Å². The number of nitrogens with zero attached hydrogens (tertiary/aromatic N) is 3. The van der Waals surface area contributed by atoms with Crippen LogP contribution in [0.4, 0.5) is 0 Å². The molecule has 148 valence electrons. The van der Waals surface area contributed by atoms with Crippen molar-refractivity contribution < 1.29 is 14.1 Å². The molecule has 0 N–H and O–H groups in total. The highest BCUT2D eigenvalue weighted by Gasteiger charge is 2.45. The largest absolute Gasteiger partial charge is 0.363 e. The van der Waals surface area contributed by atoms with E-state index in [4.69, 9.17) is 4.52 Å². The molecule has 4 rings (SSSR count). The lowest BCUT2D eigenvalue weighted by Crippen LogP contribution is -2.44. The molecule has 2 aromatic rings. The smallest absolute Gasteiger partial charge is 0.259 e. The molecule has 0 saturated carbocycles. The van der Waals surface area contributed by atoms with Gasteiger partial charge in [0.25, 0.3) is 5.91 Å². The Morgan fingerprint density at radius 1 is 1.21 bits per heavy atom. The van der Waals surface area contributed by atoms with E-state index < -0.39 is 0 Å². The second-order valence-electron chi connectivity index (χ2n) is 8.58. The van der Waals surface area contributed by atoms with Crippen LogP contribution in [0.1, 0.15) is 43.5 Å². The van der Waals surface area contributed by atoms with E-state index >= 15 is 0 Å². The van der Waals surface area contributed by atoms with Gasteiger partial charge in [-0.25, -0.2) is 0 Å². The van der Waals surface area contributed by atoms with Crippen molar-refractivity contribution in [2.45, 2.75) is 33.1 Å². The molecule has 0 radical (unpaired) electrons. The highest BCUT2D eigenvalue weighted by atomic mass is 16.5. The number of benzene rings is 1. The summed E-state index contributed by atoms with van der Waals surface area (Å²) in [5, 5.41) is 4.05. The van der Waals surface area contributed by atoms with Crippen molar-refractivity contribution in [2.24, 2.45) is 11.3 Å². The first-order valence-electron chi connectivity index (χ1n) is 10.0. The Morgan fingerprint density at radius 2 is 1.93 bits per heavy atom. The molecule has 1 spiro atoms. The van der Waals surface area contributed by atoms with Crippen molar-refractivity contribution >= 4 is 11.8 Å². The van der Waals surface area contributed by atoms with Gasteiger partial charge in [-0.05, 0) is 18.8 Å². The number of likely N-dealkylation sites (tertiary alicyclic amines) is 2. The minimum atomic E-state index is -0.0432. The summed E-state index contributed by atoms with van der Waals surface area (Å²) in [4.78, 5) is 29.4. The van der Waals surface area contributed by atoms with Gasteiger partial charge in [-0.3, -0.25) is 9.59 Å². The highest BCUT2D eigenvalue weighted by Crippen LogP contribution is 2.41. The topological polar surface area (TPSA) is 66.7 Å². The summed E-state index contributed by atoms with van der Waals surface area (Å²) in [5.74, 6) is 0.697. The van der Waals surface area contributed by atoms with Gasteiger partial charge in [0.2, 0.25) is 5.91 Å². The maximum atomic E-state index is 13.1. The van der Waals surface area contributed by atoms with Crippen molar-refractivity contribution in [1.29, 1.82) is 0 Å². The number of carbonyl (C=O) groups is 2. The Balaban J connectivity index is 1.43. The van der Waals surface area contributed by atoms with E-state index in [1.807, 2.05) is 40.1 Å². The summed E-state index contributed by atoms with van der Waals surface area (Å²) < 4.78 is 5.12. The van der Waals surface area contributed by atoms with E-state index in [1.165, 1.54) is 6.26 Å². The molecule has 2 amide bonds. The Labute approximate surface area is 165 Å². The van der Waals surface area contributed by atoms with Gasteiger partial charge in [0.15, 0.2) is 0 Å². The first-order valence-corrected chi connectivity index (χ1v) is 10.0. The number of rotatable bonds is 4. The van der Waals surface area contributed by atoms with Crippen molar-refractivity contribution in [1.82, 2.24) is 15.0 Å². The molecule has 2 aliphatic heterocycles. The Morgan fingerprint density at radius 3 is 2.61 bits per heavy atom. The van der Waals surface area contributed by atoms with Crippen LogP contribution in [-0.4, -0.2) is 52.9 Å². The third kappa shape index (κ3) is 3.55. The lowest BCUT2D eigenvalue weighted by molar-refractivity contribution is -0.128. The average molecular weight is 381 g/mol. The molecule has 1 aromatic heterocycles. The van der Waals surface area contributed by atoms with E-state index in [0.717, 1.165) is 31.5 Å². The lowest BCUT2D eigenvalue weighted by Gasteiger charge is -2.38. The van der Waals surface area contributed by atoms with Gasteiger partial charge in [0.05, 0.1) is 0 Å². The molecule has 0 aliphatic carbocycles. The maximum Gasteiger partial charge on any atom is 0.259 e.